The molecule has 4 rings (SSSR count). The molecule has 1 aliphatic heterocycles. The first-order valence-electron chi connectivity index (χ1n) is 20.5. The summed E-state index contributed by atoms with van der Waals surface area (Å²) in [5.41, 5.74) is 10.2. The Morgan fingerprint density at radius 1 is 0.643 bits per heavy atom. The van der Waals surface area contributed by atoms with Crippen LogP contribution >= 0.6 is 0 Å². The summed E-state index contributed by atoms with van der Waals surface area (Å²) in [5, 5.41) is 3.86. The topological polar surface area (TPSA) is 146 Å². The van der Waals surface area contributed by atoms with Gasteiger partial charge in [0.25, 0.3) is 0 Å². The molecule has 0 saturated carbocycles. The predicted molar refractivity (Wildman–Crippen MR) is 215 cm³/mol. The lowest BCUT2D eigenvalue weighted by Gasteiger charge is -2.47. The van der Waals surface area contributed by atoms with Gasteiger partial charge in [-0.05, 0) is 48.4 Å². The highest BCUT2D eigenvalue weighted by Crippen LogP contribution is 2.35. The van der Waals surface area contributed by atoms with Crippen LogP contribution in [-0.4, -0.2) is 61.8 Å². The van der Waals surface area contributed by atoms with E-state index in [1.54, 1.807) is 91.0 Å². The molecule has 1 fully saturated rings. The second kappa shape index (κ2) is 25.5. The van der Waals surface area contributed by atoms with E-state index in [9.17, 15) is 19.9 Å². The highest BCUT2D eigenvalue weighted by Gasteiger charge is 2.57. The van der Waals surface area contributed by atoms with E-state index >= 15 is 0 Å². The van der Waals surface area contributed by atoms with Crippen molar-refractivity contribution in [3.8, 4) is 0 Å². The standard InChI is InChI=1S/C45H59N3O8/c1-2-3-4-5-6-7-8-9-10-11-12-13-14-15-16-26-33-53-45(35-52-42(49)36-27-20-17-21-28-36)41(56-44(51)38-31-24-19-25-32-38)40(39(34-54-45)47-48-46)55-43(50)37-29-22-18-23-30-37/h17-25,27-32,39-41H,2-16,26,33-35H2,1H3/t39-,40-,41+,45-/m1/s1. The molecule has 4 atom stereocenters. The lowest BCUT2D eigenvalue weighted by Crippen LogP contribution is -2.66. The molecule has 0 bridgehead atoms. The van der Waals surface area contributed by atoms with Crippen LogP contribution in [0.15, 0.2) is 96.1 Å². The molecule has 56 heavy (non-hydrogen) atoms. The van der Waals surface area contributed by atoms with Crippen LogP contribution in [0.4, 0.5) is 0 Å². The molecule has 0 radical (unpaired) electrons. The zero-order chi connectivity index (χ0) is 39.7. The Hall–Kier alpha value is -4.70. The van der Waals surface area contributed by atoms with E-state index in [-0.39, 0.29) is 24.3 Å². The third-order valence-electron chi connectivity index (χ3n) is 10.1. The maximum absolute atomic E-state index is 13.7. The maximum Gasteiger partial charge on any atom is 0.338 e. The number of nitrogens with zero attached hydrogens (tertiary/aromatic N) is 3. The second-order valence-corrected chi connectivity index (χ2v) is 14.4. The molecule has 1 heterocycles. The summed E-state index contributed by atoms with van der Waals surface area (Å²) in [7, 11) is 0. The van der Waals surface area contributed by atoms with E-state index in [0.29, 0.717) is 12.0 Å². The van der Waals surface area contributed by atoms with Gasteiger partial charge in [-0.1, -0.05) is 163 Å². The Morgan fingerprint density at radius 3 is 1.54 bits per heavy atom. The van der Waals surface area contributed by atoms with Crippen LogP contribution < -0.4 is 0 Å². The van der Waals surface area contributed by atoms with Crippen molar-refractivity contribution in [1.82, 2.24) is 0 Å². The Labute approximate surface area is 332 Å². The van der Waals surface area contributed by atoms with Gasteiger partial charge in [0.05, 0.1) is 29.9 Å². The van der Waals surface area contributed by atoms with Gasteiger partial charge < -0.3 is 23.7 Å². The summed E-state index contributed by atoms with van der Waals surface area (Å²) in [4.78, 5) is 43.4. The van der Waals surface area contributed by atoms with Crippen molar-refractivity contribution < 1.29 is 38.1 Å². The number of esters is 3. The second-order valence-electron chi connectivity index (χ2n) is 14.4. The third-order valence-corrected chi connectivity index (χ3v) is 10.1. The lowest BCUT2D eigenvalue weighted by atomic mass is 9.94. The minimum atomic E-state index is -1.91. The Morgan fingerprint density at radius 2 is 1.07 bits per heavy atom. The quantitative estimate of drug-likeness (QED) is 0.0196. The van der Waals surface area contributed by atoms with E-state index < -0.39 is 48.6 Å². The molecule has 0 aromatic heterocycles. The number of unbranched alkanes of at least 4 members (excludes halogenated alkanes) is 15. The minimum absolute atomic E-state index is 0.173. The normalized spacial score (nSPS) is 19.1. The van der Waals surface area contributed by atoms with E-state index in [1.165, 1.54) is 77.0 Å². The zero-order valence-corrected chi connectivity index (χ0v) is 32.9. The molecule has 0 N–H and O–H groups in total. The Balaban J connectivity index is 1.43. The highest BCUT2D eigenvalue weighted by molar-refractivity contribution is 5.91. The van der Waals surface area contributed by atoms with Gasteiger partial charge >= 0.3 is 17.9 Å². The summed E-state index contributed by atoms with van der Waals surface area (Å²) in [5.74, 6) is -4.05. The van der Waals surface area contributed by atoms with Crippen LogP contribution in [-0.2, 0) is 23.7 Å². The number of hydrogen-bond donors (Lipinski definition) is 0. The number of rotatable bonds is 26. The molecule has 11 heteroatoms. The SMILES string of the molecule is CCCCCCCCCCCCCCCCCCO[C@]1(COC(=O)c2ccccc2)OC[C@@H](N=[N+]=[N-])[C@@H](OC(=O)c2ccccc2)[C@@H]1OC(=O)c1ccccc1. The fourth-order valence-electron chi connectivity index (χ4n) is 6.85. The first kappa shape index (κ1) is 44.0. The van der Waals surface area contributed by atoms with Crippen LogP contribution in [0.25, 0.3) is 10.4 Å². The van der Waals surface area contributed by atoms with E-state index in [4.69, 9.17) is 23.7 Å². The van der Waals surface area contributed by atoms with Gasteiger partial charge in [0, 0.05) is 4.91 Å². The third kappa shape index (κ3) is 14.8. The van der Waals surface area contributed by atoms with Gasteiger partial charge in [-0.25, -0.2) is 14.4 Å². The maximum atomic E-state index is 13.7. The summed E-state index contributed by atoms with van der Waals surface area (Å²) in [6, 6.07) is 23.9. The summed E-state index contributed by atoms with van der Waals surface area (Å²) in [6.07, 6.45) is 16.6. The summed E-state index contributed by atoms with van der Waals surface area (Å²) in [6.45, 7) is 1.66. The molecule has 0 aliphatic carbocycles. The van der Waals surface area contributed by atoms with E-state index in [0.717, 1.165) is 19.3 Å². The fraction of sp³-hybridized carbons (Fsp3) is 0.533. The number of benzene rings is 3. The highest BCUT2D eigenvalue weighted by atomic mass is 16.7. The first-order chi connectivity index (χ1) is 27.5. The van der Waals surface area contributed by atoms with E-state index in [2.05, 4.69) is 16.9 Å². The average Bonchev–Trinajstić information content (AvgIpc) is 3.24. The molecular formula is C45H59N3O8. The van der Waals surface area contributed by atoms with Gasteiger partial charge in [0.2, 0.25) is 5.79 Å². The molecule has 0 spiro atoms. The molecule has 0 unspecified atom stereocenters. The van der Waals surface area contributed by atoms with Crippen molar-refractivity contribution in [3.05, 3.63) is 118 Å². The Bertz CT molecular complexity index is 1620. The van der Waals surface area contributed by atoms with Crippen molar-refractivity contribution in [2.24, 2.45) is 5.11 Å². The molecule has 11 nitrogen and oxygen atoms in total. The van der Waals surface area contributed by atoms with Crippen LogP contribution in [0.1, 0.15) is 141 Å². The van der Waals surface area contributed by atoms with Crippen molar-refractivity contribution in [3.63, 3.8) is 0 Å². The molecule has 1 saturated heterocycles. The molecule has 1 aliphatic rings. The van der Waals surface area contributed by atoms with Gasteiger partial charge in [-0.2, -0.15) is 0 Å². The monoisotopic (exact) mass is 769 g/mol. The number of ether oxygens (including phenoxy) is 5. The van der Waals surface area contributed by atoms with Crippen molar-refractivity contribution in [2.45, 2.75) is 134 Å². The van der Waals surface area contributed by atoms with Crippen molar-refractivity contribution in [1.29, 1.82) is 0 Å². The van der Waals surface area contributed by atoms with Gasteiger partial charge in [-0.3, -0.25) is 0 Å². The van der Waals surface area contributed by atoms with Gasteiger partial charge in [-0.15, -0.1) is 0 Å². The Kier molecular flexibility index (Phi) is 20.0. The van der Waals surface area contributed by atoms with Crippen molar-refractivity contribution in [2.75, 3.05) is 19.8 Å². The smallest absolute Gasteiger partial charge is 0.338 e. The van der Waals surface area contributed by atoms with Crippen LogP contribution in [0, 0.1) is 0 Å². The number of azide groups is 1. The number of hydrogen-bond acceptors (Lipinski definition) is 9. The van der Waals surface area contributed by atoms with Gasteiger partial charge in [0.1, 0.15) is 12.6 Å². The molecule has 302 valence electrons. The van der Waals surface area contributed by atoms with Gasteiger partial charge in [0.15, 0.2) is 12.2 Å². The lowest BCUT2D eigenvalue weighted by molar-refractivity contribution is -0.332. The fourth-order valence-corrected chi connectivity index (χ4v) is 6.85. The van der Waals surface area contributed by atoms with Crippen LogP contribution in [0.5, 0.6) is 0 Å². The first-order valence-corrected chi connectivity index (χ1v) is 20.5. The minimum Gasteiger partial charge on any atom is -0.456 e. The van der Waals surface area contributed by atoms with Crippen LogP contribution in [0.3, 0.4) is 0 Å². The van der Waals surface area contributed by atoms with E-state index in [1.807, 2.05) is 0 Å². The molecule has 3 aromatic rings. The summed E-state index contributed by atoms with van der Waals surface area (Å²) < 4.78 is 30.6. The predicted octanol–water partition coefficient (Wildman–Crippen LogP) is 11.0. The number of carbonyl (C=O) groups excluding carboxylic acids is 3. The average molecular weight is 770 g/mol. The molecule has 0 amide bonds. The molecule has 3 aromatic carbocycles. The van der Waals surface area contributed by atoms with Crippen molar-refractivity contribution >= 4 is 17.9 Å². The molecular weight excluding hydrogens is 711 g/mol. The largest absolute Gasteiger partial charge is 0.456 e. The zero-order valence-electron chi connectivity index (χ0n) is 32.9. The number of carbonyl (C=O) groups is 3. The summed E-state index contributed by atoms with van der Waals surface area (Å²) >= 11 is 0. The van der Waals surface area contributed by atoms with Crippen LogP contribution in [0.2, 0.25) is 0 Å².